The van der Waals surface area contributed by atoms with E-state index >= 15 is 0 Å². The van der Waals surface area contributed by atoms with Crippen molar-refractivity contribution in [2.45, 2.75) is 33.1 Å². The summed E-state index contributed by atoms with van der Waals surface area (Å²) in [5, 5.41) is 6.69. The van der Waals surface area contributed by atoms with Crippen LogP contribution in [0.5, 0.6) is 0 Å². The van der Waals surface area contributed by atoms with Crippen molar-refractivity contribution in [2.24, 2.45) is 10.9 Å². The van der Waals surface area contributed by atoms with Crippen molar-refractivity contribution >= 4 is 5.96 Å². The quantitative estimate of drug-likeness (QED) is 0.356. The van der Waals surface area contributed by atoms with E-state index in [0.29, 0.717) is 5.92 Å². The van der Waals surface area contributed by atoms with Crippen LogP contribution in [0.25, 0.3) is 0 Å². The number of ether oxygens (including phenoxy) is 1. The molecule has 1 aliphatic heterocycles. The van der Waals surface area contributed by atoms with Crippen LogP contribution < -0.4 is 10.6 Å². The van der Waals surface area contributed by atoms with Crippen molar-refractivity contribution in [1.29, 1.82) is 0 Å². The monoisotopic (exact) mass is 341 g/mol. The molecular formula is C18H39N5O. The van der Waals surface area contributed by atoms with Crippen molar-refractivity contribution < 1.29 is 4.74 Å². The maximum atomic E-state index is 5.61. The highest BCUT2D eigenvalue weighted by Crippen LogP contribution is 2.01. The number of hydrogen-bond donors (Lipinski definition) is 2. The van der Waals surface area contributed by atoms with Crippen LogP contribution >= 0.6 is 0 Å². The normalized spacial score (nSPS) is 18.0. The minimum absolute atomic E-state index is 0.706. The van der Waals surface area contributed by atoms with Crippen LogP contribution in [0.4, 0.5) is 0 Å². The minimum atomic E-state index is 0.706. The number of hydrogen-bond acceptors (Lipinski definition) is 4. The summed E-state index contributed by atoms with van der Waals surface area (Å²) in [6.07, 6.45) is 3.55. The van der Waals surface area contributed by atoms with Crippen molar-refractivity contribution in [3.63, 3.8) is 0 Å². The molecule has 1 fully saturated rings. The molecule has 6 heteroatoms. The maximum absolute atomic E-state index is 5.61. The fraction of sp³-hybridized carbons (Fsp3) is 0.944. The van der Waals surface area contributed by atoms with Gasteiger partial charge in [0.15, 0.2) is 5.96 Å². The Kier molecular flexibility index (Phi) is 11.9. The van der Waals surface area contributed by atoms with Gasteiger partial charge in [0, 0.05) is 39.8 Å². The molecule has 2 N–H and O–H groups in total. The number of likely N-dealkylation sites (N-methyl/N-ethyl adjacent to an activating group) is 1. The largest absolute Gasteiger partial charge is 0.380 e. The average Bonchev–Trinajstić information content (AvgIpc) is 2.76. The van der Waals surface area contributed by atoms with E-state index in [1.54, 1.807) is 0 Å². The molecule has 0 amide bonds. The summed E-state index contributed by atoms with van der Waals surface area (Å²) in [6, 6.07) is 0. The van der Waals surface area contributed by atoms with Crippen LogP contribution in [-0.2, 0) is 4.74 Å². The first-order valence-electron chi connectivity index (χ1n) is 9.55. The molecule has 0 saturated carbocycles. The van der Waals surface area contributed by atoms with Gasteiger partial charge in [-0.15, -0.1) is 0 Å². The van der Waals surface area contributed by atoms with E-state index in [2.05, 4.69) is 46.3 Å². The summed E-state index contributed by atoms with van der Waals surface area (Å²) in [7, 11) is 4.03. The van der Waals surface area contributed by atoms with Crippen LogP contribution in [0.15, 0.2) is 4.99 Å². The molecule has 24 heavy (non-hydrogen) atoms. The highest BCUT2D eigenvalue weighted by Gasteiger charge is 2.11. The first kappa shape index (κ1) is 21.2. The summed E-state index contributed by atoms with van der Waals surface area (Å²) in [5.41, 5.74) is 0. The van der Waals surface area contributed by atoms with E-state index in [1.807, 2.05) is 7.05 Å². The van der Waals surface area contributed by atoms with Crippen molar-refractivity contribution in [2.75, 3.05) is 73.1 Å². The first-order valence-corrected chi connectivity index (χ1v) is 9.55. The Labute approximate surface area is 149 Å². The number of nitrogens with one attached hydrogen (secondary N) is 2. The van der Waals surface area contributed by atoms with Gasteiger partial charge in [0.1, 0.15) is 0 Å². The second kappa shape index (κ2) is 13.4. The van der Waals surface area contributed by atoms with E-state index in [1.165, 1.54) is 32.6 Å². The molecule has 0 radical (unpaired) electrons. The molecule has 1 aliphatic rings. The van der Waals surface area contributed by atoms with Crippen LogP contribution in [0.2, 0.25) is 0 Å². The highest BCUT2D eigenvalue weighted by atomic mass is 16.5. The van der Waals surface area contributed by atoms with E-state index < -0.39 is 0 Å². The molecule has 0 spiro atoms. The van der Waals surface area contributed by atoms with Crippen LogP contribution in [0.1, 0.15) is 33.1 Å². The third-order valence-electron chi connectivity index (χ3n) is 4.36. The second-order valence-electron chi connectivity index (χ2n) is 7.07. The lowest BCUT2D eigenvalue weighted by molar-refractivity contribution is 0.128. The Morgan fingerprint density at radius 1 is 1.08 bits per heavy atom. The average molecular weight is 342 g/mol. The third-order valence-corrected chi connectivity index (χ3v) is 4.36. The molecule has 0 aromatic carbocycles. The zero-order valence-electron chi connectivity index (χ0n) is 16.3. The first-order chi connectivity index (χ1) is 11.6. The Morgan fingerprint density at radius 3 is 2.62 bits per heavy atom. The molecule has 142 valence electrons. The van der Waals surface area contributed by atoms with Gasteiger partial charge in [-0.3, -0.25) is 4.99 Å². The lowest BCUT2D eigenvalue weighted by Crippen LogP contribution is -2.40. The van der Waals surface area contributed by atoms with Crippen molar-refractivity contribution in [3.05, 3.63) is 0 Å². The SMILES string of the molecule is CN=C(NCCCN1CCCN(C)CC1)NCCOCCC(C)C. The summed E-state index contributed by atoms with van der Waals surface area (Å²) >= 11 is 0. The van der Waals surface area contributed by atoms with Gasteiger partial charge in [-0.25, -0.2) is 0 Å². The lowest BCUT2D eigenvalue weighted by Gasteiger charge is -2.20. The van der Waals surface area contributed by atoms with Crippen LogP contribution in [0.3, 0.4) is 0 Å². The summed E-state index contributed by atoms with van der Waals surface area (Å²) in [5.74, 6) is 1.58. The minimum Gasteiger partial charge on any atom is -0.380 e. The zero-order valence-corrected chi connectivity index (χ0v) is 16.3. The predicted octanol–water partition coefficient (Wildman–Crippen LogP) is 1.24. The number of nitrogens with zero attached hydrogens (tertiary/aromatic N) is 3. The maximum Gasteiger partial charge on any atom is 0.191 e. The van der Waals surface area contributed by atoms with Gasteiger partial charge in [-0.1, -0.05) is 13.8 Å². The molecule has 0 atom stereocenters. The second-order valence-corrected chi connectivity index (χ2v) is 7.07. The standard InChI is InChI=1S/C18H39N5O/c1-17(2)7-15-24-16-9-21-18(19-3)20-8-5-11-23-12-6-10-22(4)13-14-23/h17H,5-16H2,1-4H3,(H2,19,20,21). The molecule has 0 aromatic heterocycles. The van der Waals surface area contributed by atoms with E-state index in [4.69, 9.17) is 4.74 Å². The van der Waals surface area contributed by atoms with Crippen molar-refractivity contribution in [3.8, 4) is 0 Å². The molecule has 0 unspecified atom stereocenters. The van der Waals surface area contributed by atoms with Gasteiger partial charge in [0.2, 0.25) is 0 Å². The lowest BCUT2D eigenvalue weighted by atomic mass is 10.1. The Hall–Kier alpha value is -0.850. The smallest absolute Gasteiger partial charge is 0.191 e. The molecule has 1 rings (SSSR count). The molecular weight excluding hydrogens is 302 g/mol. The van der Waals surface area contributed by atoms with Gasteiger partial charge in [-0.05, 0) is 51.9 Å². The fourth-order valence-electron chi connectivity index (χ4n) is 2.72. The predicted molar refractivity (Wildman–Crippen MR) is 103 cm³/mol. The van der Waals surface area contributed by atoms with Gasteiger partial charge in [0.05, 0.1) is 6.61 Å². The van der Waals surface area contributed by atoms with E-state index in [9.17, 15) is 0 Å². The van der Waals surface area contributed by atoms with Crippen molar-refractivity contribution in [1.82, 2.24) is 20.4 Å². The number of rotatable bonds is 10. The van der Waals surface area contributed by atoms with E-state index in [-0.39, 0.29) is 0 Å². The van der Waals surface area contributed by atoms with Gasteiger partial charge >= 0.3 is 0 Å². The summed E-state index contributed by atoms with van der Waals surface area (Å²) < 4.78 is 5.61. The molecule has 1 heterocycles. The number of guanidine groups is 1. The number of aliphatic imine (C=N–C) groups is 1. The molecule has 6 nitrogen and oxygen atoms in total. The fourth-order valence-corrected chi connectivity index (χ4v) is 2.72. The zero-order chi connectivity index (χ0) is 17.6. The van der Waals surface area contributed by atoms with Gasteiger partial charge < -0.3 is 25.2 Å². The molecule has 0 aromatic rings. The Balaban J connectivity index is 2.01. The topological polar surface area (TPSA) is 52.1 Å². The third kappa shape index (κ3) is 10.8. The Bertz CT molecular complexity index is 335. The Morgan fingerprint density at radius 2 is 1.88 bits per heavy atom. The summed E-state index contributed by atoms with van der Waals surface area (Å²) in [4.78, 5) is 9.26. The van der Waals surface area contributed by atoms with Gasteiger partial charge in [0.25, 0.3) is 0 Å². The summed E-state index contributed by atoms with van der Waals surface area (Å²) in [6.45, 7) is 13.8. The van der Waals surface area contributed by atoms with Gasteiger partial charge in [-0.2, -0.15) is 0 Å². The van der Waals surface area contributed by atoms with Crippen LogP contribution in [0, 0.1) is 5.92 Å². The molecule has 0 aliphatic carbocycles. The highest BCUT2D eigenvalue weighted by molar-refractivity contribution is 5.79. The van der Waals surface area contributed by atoms with E-state index in [0.717, 1.165) is 51.6 Å². The molecule has 1 saturated heterocycles. The molecule has 0 bridgehead atoms. The van der Waals surface area contributed by atoms with Crippen LogP contribution in [-0.4, -0.2) is 88.9 Å².